The lowest BCUT2D eigenvalue weighted by molar-refractivity contribution is 0.0832. The van der Waals surface area contributed by atoms with Crippen LogP contribution in [0.25, 0.3) is 0 Å². The van der Waals surface area contributed by atoms with Gasteiger partial charge in [0.15, 0.2) is 0 Å². The first-order chi connectivity index (χ1) is 4.66. The van der Waals surface area contributed by atoms with E-state index in [-0.39, 0.29) is 13.0 Å². The molecule has 1 unspecified atom stereocenters. The second-order valence-electron chi connectivity index (χ2n) is 1.91. The van der Waals surface area contributed by atoms with Gasteiger partial charge in [-0.2, -0.15) is 0 Å². The van der Waals surface area contributed by atoms with E-state index >= 15 is 0 Å². The van der Waals surface area contributed by atoms with Crippen molar-refractivity contribution in [2.45, 2.75) is 25.9 Å². The molecule has 1 N–H and O–H groups in total. The highest BCUT2D eigenvalue weighted by Gasteiger charge is 2.03. The Morgan fingerprint density at radius 3 is 2.80 bits per heavy atom. The Kier molecular flexibility index (Phi) is 4.62. The van der Waals surface area contributed by atoms with E-state index in [2.05, 4.69) is 4.74 Å². The molecule has 0 fully saturated rings. The largest absolute Gasteiger partial charge is 0.505 e. The molecule has 0 heterocycles. The smallest absolute Gasteiger partial charge is 0.450 e. The third kappa shape index (κ3) is 5.34. The molecule has 0 radical (unpaired) electrons. The molecule has 0 bridgehead atoms. The Bertz CT molecular complexity index is 105. The van der Waals surface area contributed by atoms with E-state index in [0.717, 1.165) is 0 Å². The molecule has 0 aromatic rings. The average molecular weight is 150 g/mol. The zero-order valence-electron chi connectivity index (χ0n) is 5.84. The monoisotopic (exact) mass is 150 g/mol. The van der Waals surface area contributed by atoms with Gasteiger partial charge in [-0.05, 0) is 6.42 Å². The summed E-state index contributed by atoms with van der Waals surface area (Å²) in [5.74, 6) is 0. The summed E-state index contributed by atoms with van der Waals surface area (Å²) in [5.41, 5.74) is 0. The van der Waals surface area contributed by atoms with E-state index in [1.807, 2.05) is 0 Å². The van der Waals surface area contributed by atoms with Gasteiger partial charge in [-0.15, -0.1) is 0 Å². The van der Waals surface area contributed by atoms with Crippen LogP contribution < -0.4 is 0 Å². The molecule has 0 aromatic carbocycles. The van der Waals surface area contributed by atoms with Crippen molar-refractivity contribution in [1.29, 1.82) is 0 Å². The van der Waals surface area contributed by atoms with Crippen molar-refractivity contribution in [3.8, 4) is 0 Å². The maximum absolute atomic E-state index is 12.3. The molecule has 0 aromatic heterocycles. The molecule has 3 nitrogen and oxygen atoms in total. The number of carbonyl (C=O) groups is 1. The van der Waals surface area contributed by atoms with Crippen molar-refractivity contribution in [3.63, 3.8) is 0 Å². The van der Waals surface area contributed by atoms with Crippen molar-refractivity contribution in [1.82, 2.24) is 0 Å². The normalized spacial score (nSPS) is 12.6. The van der Waals surface area contributed by atoms with Crippen LogP contribution in [0.1, 0.15) is 19.8 Å². The minimum Gasteiger partial charge on any atom is -0.450 e. The van der Waals surface area contributed by atoms with Crippen LogP contribution in [0, 0.1) is 0 Å². The Balaban J connectivity index is 3.11. The first kappa shape index (κ1) is 9.20. The van der Waals surface area contributed by atoms with E-state index < -0.39 is 12.3 Å². The second-order valence-corrected chi connectivity index (χ2v) is 1.91. The van der Waals surface area contributed by atoms with Crippen molar-refractivity contribution in [3.05, 3.63) is 0 Å². The van der Waals surface area contributed by atoms with Gasteiger partial charge in [-0.1, -0.05) is 6.92 Å². The zero-order valence-corrected chi connectivity index (χ0v) is 5.84. The number of carboxylic acid groups (broad SMARTS) is 1. The van der Waals surface area contributed by atoms with Crippen LogP contribution in [0.15, 0.2) is 0 Å². The van der Waals surface area contributed by atoms with Gasteiger partial charge in [0.25, 0.3) is 0 Å². The van der Waals surface area contributed by atoms with E-state index in [1.165, 1.54) is 0 Å². The van der Waals surface area contributed by atoms with Gasteiger partial charge in [0.05, 0.1) is 6.61 Å². The maximum Gasteiger partial charge on any atom is 0.505 e. The Labute approximate surface area is 58.8 Å². The molecule has 60 valence electrons. The Morgan fingerprint density at radius 2 is 2.40 bits per heavy atom. The molecule has 0 rings (SSSR count). The highest BCUT2D eigenvalue weighted by molar-refractivity contribution is 5.56. The fourth-order valence-corrected chi connectivity index (χ4v) is 0.478. The van der Waals surface area contributed by atoms with Crippen molar-refractivity contribution < 1.29 is 19.0 Å². The molecule has 0 saturated carbocycles. The number of alkyl halides is 1. The van der Waals surface area contributed by atoms with Crippen LogP contribution in [-0.2, 0) is 4.74 Å². The molecule has 0 aliphatic carbocycles. The predicted molar refractivity (Wildman–Crippen MR) is 33.8 cm³/mol. The summed E-state index contributed by atoms with van der Waals surface area (Å²) in [6, 6.07) is 0. The predicted octanol–water partition coefficient (Wildman–Crippen LogP) is 1.82. The van der Waals surface area contributed by atoms with E-state index in [0.29, 0.717) is 6.42 Å². The summed E-state index contributed by atoms with van der Waals surface area (Å²) >= 11 is 0. The molecular weight excluding hydrogens is 139 g/mol. The first-order valence-corrected chi connectivity index (χ1v) is 3.16. The average Bonchev–Trinajstić information content (AvgIpc) is 1.87. The first-order valence-electron chi connectivity index (χ1n) is 3.16. The lowest BCUT2D eigenvalue weighted by atomic mass is 10.2. The van der Waals surface area contributed by atoms with E-state index in [1.54, 1.807) is 6.92 Å². The summed E-state index contributed by atoms with van der Waals surface area (Å²) in [6.07, 6.45) is -1.73. The van der Waals surface area contributed by atoms with Gasteiger partial charge < -0.3 is 9.84 Å². The minimum absolute atomic E-state index is 0.0513. The van der Waals surface area contributed by atoms with E-state index in [4.69, 9.17) is 5.11 Å². The fourth-order valence-electron chi connectivity index (χ4n) is 0.478. The number of rotatable bonds is 4. The number of ether oxygens (including phenoxy) is 1. The van der Waals surface area contributed by atoms with Crippen molar-refractivity contribution in [2.24, 2.45) is 0 Å². The van der Waals surface area contributed by atoms with Crippen LogP contribution in [0.4, 0.5) is 9.18 Å². The third-order valence-electron chi connectivity index (χ3n) is 1.10. The maximum atomic E-state index is 12.3. The molecule has 0 aliphatic heterocycles. The van der Waals surface area contributed by atoms with E-state index in [9.17, 15) is 9.18 Å². The lowest BCUT2D eigenvalue weighted by Gasteiger charge is -2.02. The minimum atomic E-state index is -1.34. The van der Waals surface area contributed by atoms with Crippen LogP contribution in [0.3, 0.4) is 0 Å². The van der Waals surface area contributed by atoms with Gasteiger partial charge in [-0.25, -0.2) is 9.18 Å². The standard InChI is InChI=1S/C6H11FO3/c1-2-5(7)3-4-10-6(8)9/h5H,2-4H2,1H3,(H,8,9). The van der Waals surface area contributed by atoms with Crippen molar-refractivity contribution in [2.75, 3.05) is 6.61 Å². The Morgan fingerprint density at radius 1 is 1.80 bits per heavy atom. The van der Waals surface area contributed by atoms with Gasteiger partial charge in [-0.3, -0.25) is 0 Å². The number of hydrogen-bond acceptors (Lipinski definition) is 2. The molecular formula is C6H11FO3. The van der Waals surface area contributed by atoms with Crippen LogP contribution in [0.5, 0.6) is 0 Å². The van der Waals surface area contributed by atoms with Gasteiger partial charge in [0, 0.05) is 6.42 Å². The van der Waals surface area contributed by atoms with Crippen LogP contribution >= 0.6 is 0 Å². The highest BCUT2D eigenvalue weighted by atomic mass is 19.1. The highest BCUT2D eigenvalue weighted by Crippen LogP contribution is 2.01. The number of halogens is 1. The molecule has 0 aliphatic rings. The van der Waals surface area contributed by atoms with Gasteiger partial charge >= 0.3 is 6.16 Å². The van der Waals surface area contributed by atoms with Crippen LogP contribution in [-0.4, -0.2) is 24.0 Å². The summed E-state index contributed by atoms with van der Waals surface area (Å²) in [4.78, 5) is 9.72. The summed E-state index contributed by atoms with van der Waals surface area (Å²) in [5, 5.41) is 7.95. The summed E-state index contributed by atoms with van der Waals surface area (Å²) in [6.45, 7) is 1.65. The second kappa shape index (κ2) is 5.02. The summed E-state index contributed by atoms with van der Waals surface area (Å²) < 4.78 is 16.4. The molecule has 0 amide bonds. The fraction of sp³-hybridized carbons (Fsp3) is 0.833. The van der Waals surface area contributed by atoms with Gasteiger partial charge in [0.2, 0.25) is 0 Å². The van der Waals surface area contributed by atoms with Crippen molar-refractivity contribution >= 4 is 6.16 Å². The van der Waals surface area contributed by atoms with Gasteiger partial charge in [0.1, 0.15) is 6.17 Å². The third-order valence-corrected chi connectivity index (χ3v) is 1.10. The Hall–Kier alpha value is -0.800. The summed E-state index contributed by atoms with van der Waals surface area (Å²) in [7, 11) is 0. The molecule has 10 heavy (non-hydrogen) atoms. The molecule has 4 heteroatoms. The SMILES string of the molecule is CCC(F)CCOC(=O)O. The van der Waals surface area contributed by atoms with Crippen LogP contribution in [0.2, 0.25) is 0 Å². The lowest BCUT2D eigenvalue weighted by Crippen LogP contribution is -2.07. The zero-order chi connectivity index (χ0) is 7.98. The molecule has 0 saturated heterocycles. The number of hydrogen-bond donors (Lipinski definition) is 1. The molecule has 0 spiro atoms. The topological polar surface area (TPSA) is 46.5 Å². The molecule has 1 atom stereocenters. The quantitative estimate of drug-likeness (QED) is 0.622.